The van der Waals surface area contributed by atoms with Crippen molar-refractivity contribution in [2.45, 2.75) is 33.2 Å². The maximum Gasteiger partial charge on any atom is 0.0729 e. The van der Waals surface area contributed by atoms with Gasteiger partial charge in [-0.25, -0.2) is 0 Å². The van der Waals surface area contributed by atoms with Gasteiger partial charge in [-0.1, -0.05) is 6.92 Å². The summed E-state index contributed by atoms with van der Waals surface area (Å²) in [5, 5.41) is 4.37. The van der Waals surface area contributed by atoms with Crippen LogP contribution in [0.25, 0.3) is 0 Å². The molecule has 16 heavy (non-hydrogen) atoms. The molecule has 5 nitrogen and oxygen atoms in total. The Bertz CT molecular complexity index is 335. The summed E-state index contributed by atoms with van der Waals surface area (Å²) in [6.07, 6.45) is 1.02. The van der Waals surface area contributed by atoms with E-state index in [2.05, 4.69) is 17.4 Å². The van der Waals surface area contributed by atoms with Crippen LogP contribution in [-0.4, -0.2) is 23.0 Å². The molecule has 0 aliphatic carbocycles. The number of aryl methyl sites for hydroxylation is 2. The van der Waals surface area contributed by atoms with Gasteiger partial charge in [-0.05, 0) is 20.3 Å². The molecule has 0 spiro atoms. The van der Waals surface area contributed by atoms with Crippen LogP contribution in [0, 0.1) is 13.8 Å². The molecule has 1 aromatic rings. The molecule has 3 N–H and O–H groups in total. The lowest BCUT2D eigenvalue weighted by Gasteiger charge is -2.16. The van der Waals surface area contributed by atoms with Crippen LogP contribution >= 0.6 is 0 Å². The molecule has 1 heterocycles. The maximum atomic E-state index is 5.57. The minimum atomic E-state index is 0.0141. The van der Waals surface area contributed by atoms with E-state index in [9.17, 15) is 0 Å². The van der Waals surface area contributed by atoms with Gasteiger partial charge in [-0.2, -0.15) is 5.10 Å². The Balaban J connectivity index is 2.78. The molecule has 1 aromatic heterocycles. The second kappa shape index (κ2) is 5.98. The Morgan fingerprint density at radius 3 is 2.62 bits per heavy atom. The SMILES string of the molecule is CCCOCC(NN)c1c(C)nn(C)c1C. The first-order valence-electron chi connectivity index (χ1n) is 5.65. The Morgan fingerprint density at radius 1 is 1.50 bits per heavy atom. The highest BCUT2D eigenvalue weighted by Gasteiger charge is 2.18. The highest BCUT2D eigenvalue weighted by atomic mass is 16.5. The van der Waals surface area contributed by atoms with Crippen molar-refractivity contribution in [3.63, 3.8) is 0 Å². The van der Waals surface area contributed by atoms with Crippen molar-refractivity contribution in [2.24, 2.45) is 12.9 Å². The third-order valence-corrected chi connectivity index (χ3v) is 2.75. The normalized spacial score (nSPS) is 13.1. The fourth-order valence-corrected chi connectivity index (χ4v) is 1.85. The number of hydrazine groups is 1. The highest BCUT2D eigenvalue weighted by Crippen LogP contribution is 2.20. The summed E-state index contributed by atoms with van der Waals surface area (Å²) < 4.78 is 7.40. The Labute approximate surface area is 96.9 Å². The predicted octanol–water partition coefficient (Wildman–Crippen LogP) is 0.968. The fraction of sp³-hybridized carbons (Fsp3) is 0.727. The smallest absolute Gasteiger partial charge is 0.0729 e. The van der Waals surface area contributed by atoms with E-state index in [0.29, 0.717) is 6.61 Å². The molecule has 0 fully saturated rings. The van der Waals surface area contributed by atoms with Crippen molar-refractivity contribution in [1.29, 1.82) is 0 Å². The summed E-state index contributed by atoms with van der Waals surface area (Å²) in [7, 11) is 1.94. The molecule has 1 rings (SSSR count). The van der Waals surface area contributed by atoms with E-state index in [4.69, 9.17) is 10.6 Å². The lowest BCUT2D eigenvalue weighted by molar-refractivity contribution is 0.111. The van der Waals surface area contributed by atoms with Crippen molar-refractivity contribution in [2.75, 3.05) is 13.2 Å². The van der Waals surface area contributed by atoms with Gasteiger partial charge in [0.05, 0.1) is 18.3 Å². The molecular weight excluding hydrogens is 204 g/mol. The number of nitrogens with two attached hydrogens (primary N) is 1. The van der Waals surface area contributed by atoms with Gasteiger partial charge in [0.25, 0.3) is 0 Å². The zero-order valence-corrected chi connectivity index (χ0v) is 10.6. The molecule has 0 aliphatic rings. The summed E-state index contributed by atoms with van der Waals surface area (Å²) in [4.78, 5) is 0. The van der Waals surface area contributed by atoms with Gasteiger partial charge in [-0.15, -0.1) is 0 Å². The zero-order chi connectivity index (χ0) is 12.1. The first kappa shape index (κ1) is 13.2. The van der Waals surface area contributed by atoms with Crippen molar-refractivity contribution in [3.8, 4) is 0 Å². The minimum Gasteiger partial charge on any atom is -0.379 e. The molecule has 5 heteroatoms. The van der Waals surface area contributed by atoms with Crippen LogP contribution in [0.4, 0.5) is 0 Å². The number of hydrogen-bond donors (Lipinski definition) is 2. The predicted molar refractivity (Wildman–Crippen MR) is 63.9 cm³/mol. The van der Waals surface area contributed by atoms with Crippen molar-refractivity contribution in [3.05, 3.63) is 17.0 Å². The number of rotatable bonds is 6. The summed E-state index contributed by atoms with van der Waals surface area (Å²) in [5.41, 5.74) is 6.06. The number of nitrogens with one attached hydrogen (secondary N) is 1. The topological polar surface area (TPSA) is 65.1 Å². The van der Waals surface area contributed by atoms with Crippen LogP contribution in [-0.2, 0) is 11.8 Å². The van der Waals surface area contributed by atoms with Crippen LogP contribution in [0.15, 0.2) is 0 Å². The van der Waals surface area contributed by atoms with Crippen LogP contribution in [0.3, 0.4) is 0 Å². The van der Waals surface area contributed by atoms with Crippen LogP contribution in [0.1, 0.15) is 36.3 Å². The molecule has 0 saturated carbocycles. The summed E-state index contributed by atoms with van der Waals surface area (Å²) in [5.74, 6) is 5.57. The first-order valence-corrected chi connectivity index (χ1v) is 5.65. The number of ether oxygens (including phenoxy) is 1. The van der Waals surface area contributed by atoms with Crippen LogP contribution in [0.2, 0.25) is 0 Å². The molecule has 1 atom stereocenters. The van der Waals surface area contributed by atoms with Crippen molar-refractivity contribution >= 4 is 0 Å². The lowest BCUT2D eigenvalue weighted by Crippen LogP contribution is -2.32. The van der Waals surface area contributed by atoms with E-state index in [-0.39, 0.29) is 6.04 Å². The molecule has 0 radical (unpaired) electrons. The molecule has 1 unspecified atom stereocenters. The highest BCUT2D eigenvalue weighted by molar-refractivity contribution is 5.28. The quantitative estimate of drug-likeness (QED) is 0.431. The number of hydrogen-bond acceptors (Lipinski definition) is 4. The van der Waals surface area contributed by atoms with E-state index in [1.54, 1.807) is 0 Å². The molecular formula is C11H22N4O. The molecule has 0 saturated heterocycles. The average molecular weight is 226 g/mol. The third-order valence-electron chi connectivity index (χ3n) is 2.75. The largest absolute Gasteiger partial charge is 0.379 e. The standard InChI is InChI=1S/C11H22N4O/c1-5-6-16-7-10(13-12)11-8(2)14-15(4)9(11)3/h10,13H,5-7,12H2,1-4H3. The second-order valence-electron chi connectivity index (χ2n) is 4.00. The molecule has 0 aromatic carbocycles. The summed E-state index contributed by atoms with van der Waals surface area (Å²) >= 11 is 0. The average Bonchev–Trinajstić information content (AvgIpc) is 2.50. The zero-order valence-electron chi connectivity index (χ0n) is 10.6. The van der Waals surface area contributed by atoms with E-state index in [0.717, 1.165) is 30.0 Å². The van der Waals surface area contributed by atoms with Crippen LogP contribution < -0.4 is 11.3 Å². The van der Waals surface area contributed by atoms with E-state index >= 15 is 0 Å². The van der Waals surface area contributed by atoms with Gasteiger partial charge in [-0.3, -0.25) is 16.0 Å². The molecule has 0 bridgehead atoms. The Kier molecular flexibility index (Phi) is 4.92. The summed E-state index contributed by atoms with van der Waals surface area (Å²) in [6.45, 7) is 7.46. The minimum absolute atomic E-state index is 0.0141. The van der Waals surface area contributed by atoms with Gasteiger partial charge in [0.15, 0.2) is 0 Å². The third kappa shape index (κ3) is 2.81. The molecule has 0 amide bonds. The van der Waals surface area contributed by atoms with Gasteiger partial charge >= 0.3 is 0 Å². The monoisotopic (exact) mass is 226 g/mol. The van der Waals surface area contributed by atoms with Gasteiger partial charge < -0.3 is 4.74 Å². The molecule has 92 valence electrons. The lowest BCUT2D eigenvalue weighted by atomic mass is 10.1. The number of nitrogens with zero attached hydrogens (tertiary/aromatic N) is 2. The molecule has 0 aliphatic heterocycles. The Hall–Kier alpha value is -0.910. The van der Waals surface area contributed by atoms with E-state index in [1.165, 1.54) is 0 Å². The van der Waals surface area contributed by atoms with E-state index < -0.39 is 0 Å². The van der Waals surface area contributed by atoms with Crippen molar-refractivity contribution < 1.29 is 4.74 Å². The van der Waals surface area contributed by atoms with E-state index in [1.807, 2.05) is 25.6 Å². The van der Waals surface area contributed by atoms with Crippen LogP contribution in [0.5, 0.6) is 0 Å². The summed E-state index contributed by atoms with van der Waals surface area (Å²) in [6, 6.07) is 0.0141. The number of aromatic nitrogens is 2. The van der Waals surface area contributed by atoms with Gasteiger partial charge in [0.1, 0.15) is 0 Å². The van der Waals surface area contributed by atoms with Gasteiger partial charge in [0, 0.05) is 24.9 Å². The first-order chi connectivity index (χ1) is 7.61. The van der Waals surface area contributed by atoms with Gasteiger partial charge in [0.2, 0.25) is 0 Å². The van der Waals surface area contributed by atoms with Crippen molar-refractivity contribution in [1.82, 2.24) is 15.2 Å². The fourth-order valence-electron chi connectivity index (χ4n) is 1.85. The Morgan fingerprint density at radius 2 is 2.19 bits per heavy atom. The second-order valence-corrected chi connectivity index (χ2v) is 4.00. The maximum absolute atomic E-state index is 5.57.